The van der Waals surface area contributed by atoms with Crippen molar-refractivity contribution in [3.05, 3.63) is 27.1 Å². The van der Waals surface area contributed by atoms with Gasteiger partial charge in [0.05, 0.1) is 9.80 Å². The second-order valence-corrected chi connectivity index (χ2v) is 3.07. The summed E-state index contributed by atoms with van der Waals surface area (Å²) in [5, 5.41) is 10.2. The molecule has 0 aliphatic carbocycles. The van der Waals surface area contributed by atoms with Crippen LogP contribution in [0, 0.1) is 22.0 Å². The van der Waals surface area contributed by atoms with Crippen molar-refractivity contribution in [2.45, 2.75) is 0 Å². The Labute approximate surface area is 77.3 Å². The van der Waals surface area contributed by atoms with Gasteiger partial charge in [0.2, 0.25) is 0 Å². The van der Waals surface area contributed by atoms with E-state index in [1.807, 2.05) is 0 Å². The summed E-state index contributed by atoms with van der Waals surface area (Å²) in [5.41, 5.74) is 4.77. The lowest BCUT2D eigenvalue weighted by Crippen LogP contribution is -2.05. The molecule has 0 aromatic carbocycles. The molecule has 1 heterocycles. The van der Waals surface area contributed by atoms with Crippen LogP contribution in [0.4, 0.5) is 5.00 Å². The number of nitro groups is 1. The average Bonchev–Trinajstić information content (AvgIpc) is 2.48. The number of hydrogen-bond donors (Lipinski definition) is 1. The molecule has 0 unspecified atom stereocenters. The summed E-state index contributed by atoms with van der Waals surface area (Å²) >= 11 is 0.902. The Bertz CT molecular complexity index is 413. The largest absolute Gasteiger partial charge is 0.359 e. The number of carbonyl (C=O) groups excluding carboxylic acids is 1. The number of rotatable bonds is 1. The highest BCUT2D eigenvalue weighted by Gasteiger charge is 2.07. The third-order valence-electron chi connectivity index (χ3n) is 1.08. The first-order valence-electron chi connectivity index (χ1n) is 3.15. The van der Waals surface area contributed by atoms with Crippen LogP contribution in [0.5, 0.6) is 0 Å². The Kier molecular flexibility index (Phi) is 2.62. The summed E-state index contributed by atoms with van der Waals surface area (Å²) in [6, 6.07) is 2.80. The van der Waals surface area contributed by atoms with Crippen molar-refractivity contribution in [3.8, 4) is 11.8 Å². The van der Waals surface area contributed by atoms with Gasteiger partial charge in [-0.25, -0.2) is 0 Å². The van der Waals surface area contributed by atoms with E-state index in [-0.39, 0.29) is 5.00 Å². The average molecular weight is 196 g/mol. The minimum atomic E-state index is -0.754. The first kappa shape index (κ1) is 9.22. The Balaban J connectivity index is 2.89. The molecule has 0 saturated carbocycles. The molecular formula is C7H4N2O3S. The predicted molar refractivity (Wildman–Crippen MR) is 47.0 cm³/mol. The third kappa shape index (κ3) is 2.57. The zero-order valence-corrected chi connectivity index (χ0v) is 7.13. The van der Waals surface area contributed by atoms with Crippen LogP contribution < -0.4 is 5.73 Å². The monoisotopic (exact) mass is 196 g/mol. The quantitative estimate of drug-likeness (QED) is 0.403. The Morgan fingerprint density at radius 2 is 2.31 bits per heavy atom. The molecule has 6 heteroatoms. The molecule has 0 spiro atoms. The van der Waals surface area contributed by atoms with Gasteiger partial charge < -0.3 is 5.73 Å². The maximum absolute atomic E-state index is 10.2. The SMILES string of the molecule is NC(=O)C#Cc1ccc([N+](=O)[O-])s1. The van der Waals surface area contributed by atoms with E-state index in [9.17, 15) is 14.9 Å². The van der Waals surface area contributed by atoms with Gasteiger partial charge in [0.25, 0.3) is 5.91 Å². The van der Waals surface area contributed by atoms with Gasteiger partial charge in [-0.1, -0.05) is 11.3 Å². The molecular weight excluding hydrogens is 192 g/mol. The number of nitrogens with two attached hydrogens (primary N) is 1. The molecule has 0 bridgehead atoms. The van der Waals surface area contributed by atoms with E-state index in [0.717, 1.165) is 11.3 Å². The van der Waals surface area contributed by atoms with Gasteiger partial charge in [0.15, 0.2) is 0 Å². The number of carbonyl (C=O) groups is 1. The van der Waals surface area contributed by atoms with Crippen LogP contribution in [0.2, 0.25) is 0 Å². The van der Waals surface area contributed by atoms with Gasteiger partial charge in [-0.05, 0) is 12.0 Å². The number of hydrogen-bond acceptors (Lipinski definition) is 4. The summed E-state index contributed by atoms with van der Waals surface area (Å²) in [7, 11) is 0. The summed E-state index contributed by atoms with van der Waals surface area (Å²) in [5.74, 6) is 3.75. The van der Waals surface area contributed by atoms with Crippen LogP contribution in [-0.2, 0) is 4.79 Å². The highest BCUT2D eigenvalue weighted by Crippen LogP contribution is 2.22. The minimum Gasteiger partial charge on any atom is -0.359 e. The summed E-state index contributed by atoms with van der Waals surface area (Å²) < 4.78 is 0. The lowest BCUT2D eigenvalue weighted by Gasteiger charge is -1.78. The molecule has 1 aromatic heterocycles. The Morgan fingerprint density at radius 3 is 2.77 bits per heavy atom. The molecule has 0 fully saturated rings. The number of thiophene rings is 1. The maximum Gasteiger partial charge on any atom is 0.325 e. The summed E-state index contributed by atoms with van der Waals surface area (Å²) in [4.78, 5) is 20.4. The third-order valence-corrected chi connectivity index (χ3v) is 2.03. The van der Waals surface area contributed by atoms with E-state index in [1.165, 1.54) is 12.1 Å². The number of primary amides is 1. The van der Waals surface area contributed by atoms with Crippen molar-refractivity contribution in [3.63, 3.8) is 0 Å². The van der Waals surface area contributed by atoms with Crippen molar-refractivity contribution in [2.75, 3.05) is 0 Å². The molecule has 0 saturated heterocycles. The molecule has 5 nitrogen and oxygen atoms in total. The van der Waals surface area contributed by atoms with Gasteiger partial charge in [0.1, 0.15) is 0 Å². The van der Waals surface area contributed by atoms with Crippen LogP contribution >= 0.6 is 11.3 Å². The van der Waals surface area contributed by atoms with Crippen molar-refractivity contribution < 1.29 is 9.72 Å². The topological polar surface area (TPSA) is 86.2 Å². The fraction of sp³-hybridized carbons (Fsp3) is 0. The van der Waals surface area contributed by atoms with E-state index < -0.39 is 10.8 Å². The normalized spacial score (nSPS) is 8.62. The lowest BCUT2D eigenvalue weighted by molar-refractivity contribution is -0.380. The fourth-order valence-electron chi connectivity index (χ4n) is 0.616. The summed E-state index contributed by atoms with van der Waals surface area (Å²) in [6.45, 7) is 0. The molecule has 1 rings (SSSR count). The van der Waals surface area contributed by atoms with Crippen LogP contribution in [0.25, 0.3) is 0 Å². The predicted octanol–water partition coefficient (Wildman–Crippen LogP) is 0.493. The van der Waals surface area contributed by atoms with Gasteiger partial charge in [-0.2, -0.15) is 0 Å². The van der Waals surface area contributed by atoms with E-state index >= 15 is 0 Å². The standard InChI is InChI=1S/C7H4N2O3S/c8-6(10)3-1-5-2-4-7(13-5)9(11)12/h2,4H,(H2,8,10). The van der Waals surface area contributed by atoms with Crippen molar-refractivity contribution >= 4 is 22.2 Å². The first-order chi connectivity index (χ1) is 6.09. The van der Waals surface area contributed by atoms with Crippen molar-refractivity contribution in [1.29, 1.82) is 0 Å². The molecule has 0 radical (unpaired) electrons. The second-order valence-electron chi connectivity index (χ2n) is 2.01. The zero-order chi connectivity index (χ0) is 9.84. The highest BCUT2D eigenvalue weighted by atomic mass is 32.1. The number of amides is 1. The first-order valence-corrected chi connectivity index (χ1v) is 3.97. The van der Waals surface area contributed by atoms with Crippen LogP contribution in [-0.4, -0.2) is 10.8 Å². The maximum atomic E-state index is 10.2. The molecule has 0 aliphatic heterocycles. The molecule has 0 atom stereocenters. The van der Waals surface area contributed by atoms with E-state index in [2.05, 4.69) is 11.8 Å². The van der Waals surface area contributed by atoms with E-state index in [4.69, 9.17) is 5.73 Å². The summed E-state index contributed by atoms with van der Waals surface area (Å²) in [6.07, 6.45) is 0. The van der Waals surface area contributed by atoms with Gasteiger partial charge in [-0.3, -0.25) is 14.9 Å². The number of nitrogens with zero attached hydrogens (tertiary/aromatic N) is 1. The van der Waals surface area contributed by atoms with E-state index in [1.54, 1.807) is 0 Å². The van der Waals surface area contributed by atoms with Gasteiger partial charge in [0, 0.05) is 12.0 Å². The fourth-order valence-corrected chi connectivity index (χ4v) is 1.29. The smallest absolute Gasteiger partial charge is 0.325 e. The van der Waals surface area contributed by atoms with Gasteiger partial charge >= 0.3 is 5.00 Å². The highest BCUT2D eigenvalue weighted by molar-refractivity contribution is 7.15. The molecule has 13 heavy (non-hydrogen) atoms. The van der Waals surface area contributed by atoms with E-state index in [0.29, 0.717) is 4.88 Å². The van der Waals surface area contributed by atoms with Crippen LogP contribution in [0.15, 0.2) is 12.1 Å². The second kappa shape index (κ2) is 3.69. The van der Waals surface area contributed by atoms with Gasteiger partial charge in [-0.15, -0.1) is 0 Å². The Hall–Kier alpha value is -1.87. The minimum absolute atomic E-state index is 0.00577. The van der Waals surface area contributed by atoms with Crippen molar-refractivity contribution in [1.82, 2.24) is 0 Å². The molecule has 1 aromatic rings. The van der Waals surface area contributed by atoms with Crippen molar-refractivity contribution in [2.24, 2.45) is 5.73 Å². The molecule has 1 amide bonds. The Morgan fingerprint density at radius 1 is 1.62 bits per heavy atom. The molecule has 2 N–H and O–H groups in total. The zero-order valence-electron chi connectivity index (χ0n) is 6.31. The molecule has 0 aliphatic rings. The molecule has 66 valence electrons. The lowest BCUT2D eigenvalue weighted by atomic mass is 10.4. The van der Waals surface area contributed by atoms with Crippen LogP contribution in [0.1, 0.15) is 4.88 Å². The van der Waals surface area contributed by atoms with Crippen LogP contribution in [0.3, 0.4) is 0 Å².